The van der Waals surface area contributed by atoms with Crippen LogP contribution < -0.4 is 9.80 Å². The number of pyridine rings is 2. The van der Waals surface area contributed by atoms with Crippen LogP contribution in [0, 0.1) is 34.6 Å². The lowest BCUT2D eigenvalue weighted by Crippen LogP contribution is -2.17. The van der Waals surface area contributed by atoms with E-state index < -0.39 is 0 Å². The Hall–Kier alpha value is -6.20. The van der Waals surface area contributed by atoms with E-state index in [9.17, 15) is 0 Å². The van der Waals surface area contributed by atoms with Crippen LogP contribution in [0.25, 0.3) is 33.1 Å². The van der Waals surface area contributed by atoms with Gasteiger partial charge in [-0.2, -0.15) is 0 Å². The van der Waals surface area contributed by atoms with Gasteiger partial charge in [-0.25, -0.2) is 0 Å². The van der Waals surface area contributed by atoms with Crippen LogP contribution in [0.2, 0.25) is 0 Å². The number of nitrogens with zero attached hydrogens (tertiary/aromatic N) is 4. The number of furan rings is 1. The summed E-state index contributed by atoms with van der Waals surface area (Å²) in [4.78, 5) is 14.1. The third kappa shape index (κ3) is 5.30. The van der Waals surface area contributed by atoms with E-state index in [0.717, 1.165) is 67.5 Å². The van der Waals surface area contributed by atoms with Crippen molar-refractivity contribution < 1.29 is 4.42 Å². The van der Waals surface area contributed by atoms with Crippen LogP contribution in [0.15, 0.2) is 132 Å². The summed E-state index contributed by atoms with van der Waals surface area (Å²) in [5.74, 6) is 0. The summed E-state index contributed by atoms with van der Waals surface area (Å²) in [6.45, 7) is 15.2. The highest BCUT2D eigenvalue weighted by molar-refractivity contribution is 6.20. The van der Waals surface area contributed by atoms with Crippen LogP contribution in [0.3, 0.4) is 0 Å². The van der Waals surface area contributed by atoms with Crippen molar-refractivity contribution in [2.45, 2.75) is 53.9 Å². The molecule has 0 unspecified atom stereocenters. The monoisotopic (exact) mass is 690 g/mol. The number of anilines is 6. The van der Waals surface area contributed by atoms with Crippen molar-refractivity contribution in [1.29, 1.82) is 0 Å². The molecule has 0 fully saturated rings. The Morgan fingerprint density at radius 1 is 0.547 bits per heavy atom. The van der Waals surface area contributed by atoms with E-state index in [2.05, 4.69) is 160 Å². The molecular weight excluding hydrogens is 649 g/mol. The molecule has 0 aliphatic heterocycles. The molecule has 0 radical (unpaired) electrons. The lowest BCUT2D eigenvalue weighted by molar-refractivity contribution is 0.656. The van der Waals surface area contributed by atoms with Crippen molar-refractivity contribution in [3.8, 4) is 11.1 Å². The molecule has 0 saturated heterocycles. The number of aryl methyl sites for hydroxylation is 5. The zero-order valence-electron chi connectivity index (χ0n) is 31.3. The van der Waals surface area contributed by atoms with E-state index >= 15 is 0 Å². The SMILES string of the molecule is Cc1ccc(N(c2ccc(C)nc2)c2ccc3oc4c(N(c5ccc(C)nc5)c5ccc(C)cc5C)cc5c(c4c3c2)-c2ccccc2C5(C)C)cc1. The van der Waals surface area contributed by atoms with E-state index in [1.165, 1.54) is 38.9 Å². The first-order chi connectivity index (χ1) is 25.6. The third-order valence-electron chi connectivity index (χ3n) is 10.9. The predicted molar refractivity (Wildman–Crippen MR) is 220 cm³/mol. The van der Waals surface area contributed by atoms with Gasteiger partial charge in [0.05, 0.1) is 29.5 Å². The Morgan fingerprint density at radius 3 is 1.87 bits per heavy atom. The molecule has 1 aliphatic rings. The molecule has 5 heteroatoms. The van der Waals surface area contributed by atoms with Gasteiger partial charge in [0.25, 0.3) is 0 Å². The molecule has 0 spiro atoms. The fourth-order valence-electron chi connectivity index (χ4n) is 8.18. The number of aromatic nitrogens is 2. The van der Waals surface area contributed by atoms with Crippen LogP contribution >= 0.6 is 0 Å². The van der Waals surface area contributed by atoms with Crippen LogP contribution in [-0.4, -0.2) is 9.97 Å². The topological polar surface area (TPSA) is 45.4 Å². The van der Waals surface area contributed by atoms with Crippen molar-refractivity contribution in [1.82, 2.24) is 9.97 Å². The molecule has 3 aromatic heterocycles. The van der Waals surface area contributed by atoms with E-state index in [1.54, 1.807) is 0 Å². The predicted octanol–water partition coefficient (Wildman–Crippen LogP) is 13.2. The number of hydrogen-bond donors (Lipinski definition) is 0. The molecule has 53 heavy (non-hydrogen) atoms. The highest BCUT2D eigenvalue weighted by Gasteiger charge is 2.39. The molecule has 8 aromatic rings. The molecule has 0 atom stereocenters. The maximum absolute atomic E-state index is 7.09. The maximum atomic E-state index is 7.09. The van der Waals surface area contributed by atoms with E-state index in [4.69, 9.17) is 14.4 Å². The minimum atomic E-state index is -0.239. The van der Waals surface area contributed by atoms with Crippen LogP contribution in [0.1, 0.15) is 53.1 Å². The normalized spacial score (nSPS) is 13.0. The quantitative estimate of drug-likeness (QED) is 0.174. The van der Waals surface area contributed by atoms with E-state index in [1.807, 2.05) is 26.2 Å². The van der Waals surface area contributed by atoms with Crippen molar-refractivity contribution in [3.05, 3.63) is 167 Å². The Morgan fingerprint density at radius 2 is 1.19 bits per heavy atom. The van der Waals surface area contributed by atoms with Crippen LogP contribution in [-0.2, 0) is 5.41 Å². The molecule has 9 rings (SSSR count). The van der Waals surface area contributed by atoms with Crippen molar-refractivity contribution in [2.24, 2.45) is 0 Å². The summed E-state index contributed by atoms with van der Waals surface area (Å²) in [6.07, 6.45) is 3.93. The second-order valence-corrected chi connectivity index (χ2v) is 15.1. The zero-order chi connectivity index (χ0) is 36.6. The minimum Gasteiger partial charge on any atom is -0.454 e. The molecule has 5 nitrogen and oxygen atoms in total. The molecule has 1 aliphatic carbocycles. The van der Waals surface area contributed by atoms with Crippen molar-refractivity contribution in [2.75, 3.05) is 9.80 Å². The number of rotatable bonds is 6. The van der Waals surface area contributed by atoms with Gasteiger partial charge in [-0.1, -0.05) is 73.5 Å². The van der Waals surface area contributed by atoms with Gasteiger partial charge in [0.1, 0.15) is 5.58 Å². The molecule has 0 saturated carbocycles. The lowest BCUT2D eigenvalue weighted by atomic mass is 9.82. The summed E-state index contributed by atoms with van der Waals surface area (Å²) in [6, 6.07) is 41.6. The summed E-state index contributed by atoms with van der Waals surface area (Å²) >= 11 is 0. The standard InChI is InChI=1S/C48H42N4O/c1-29-12-17-34(18-13-29)51(36-19-15-32(4)49-27-36)35-21-23-44-39(25-35)46-45-38-10-8-9-11-40(38)48(6,7)41(45)26-43(47(46)53-44)52(37-20-16-33(5)50-28-37)42-22-14-30(2)24-31(42)3/h8-28H,1-7H3. The highest BCUT2D eigenvalue weighted by Crippen LogP contribution is 2.57. The van der Waals surface area contributed by atoms with Crippen molar-refractivity contribution >= 4 is 56.1 Å². The number of hydrogen-bond acceptors (Lipinski definition) is 5. The fourth-order valence-corrected chi connectivity index (χ4v) is 8.18. The van der Waals surface area contributed by atoms with Crippen molar-refractivity contribution in [3.63, 3.8) is 0 Å². The minimum absolute atomic E-state index is 0.239. The largest absolute Gasteiger partial charge is 0.454 e. The van der Waals surface area contributed by atoms with Gasteiger partial charge in [0, 0.05) is 44.6 Å². The van der Waals surface area contributed by atoms with Gasteiger partial charge in [-0.3, -0.25) is 9.97 Å². The third-order valence-corrected chi connectivity index (χ3v) is 10.9. The Bertz CT molecular complexity index is 2640. The Balaban J connectivity index is 1.38. The average Bonchev–Trinajstić information content (AvgIpc) is 3.64. The highest BCUT2D eigenvalue weighted by atomic mass is 16.3. The molecule has 0 N–H and O–H groups in total. The van der Waals surface area contributed by atoms with Gasteiger partial charge in [0.15, 0.2) is 5.58 Å². The smallest absolute Gasteiger partial charge is 0.160 e. The molecule has 0 bridgehead atoms. The average molecular weight is 691 g/mol. The second kappa shape index (κ2) is 12.2. The lowest BCUT2D eigenvalue weighted by Gasteiger charge is -2.29. The van der Waals surface area contributed by atoms with E-state index in [-0.39, 0.29) is 5.41 Å². The first-order valence-corrected chi connectivity index (χ1v) is 18.3. The summed E-state index contributed by atoms with van der Waals surface area (Å²) in [5.41, 5.74) is 18.3. The summed E-state index contributed by atoms with van der Waals surface area (Å²) in [7, 11) is 0. The van der Waals surface area contributed by atoms with Gasteiger partial charge in [-0.15, -0.1) is 0 Å². The second-order valence-electron chi connectivity index (χ2n) is 15.1. The van der Waals surface area contributed by atoms with Gasteiger partial charge < -0.3 is 14.2 Å². The summed E-state index contributed by atoms with van der Waals surface area (Å²) in [5, 5.41) is 2.19. The summed E-state index contributed by atoms with van der Waals surface area (Å²) < 4.78 is 7.09. The van der Waals surface area contributed by atoms with Gasteiger partial charge in [-0.05, 0) is 129 Å². The van der Waals surface area contributed by atoms with Crippen LogP contribution in [0.5, 0.6) is 0 Å². The molecule has 0 amide bonds. The molecule has 260 valence electrons. The molecule has 5 aromatic carbocycles. The maximum Gasteiger partial charge on any atom is 0.160 e. The Labute approximate surface area is 311 Å². The Kier molecular flexibility index (Phi) is 7.53. The molecular formula is C48H42N4O. The van der Waals surface area contributed by atoms with E-state index in [0.29, 0.717) is 0 Å². The van der Waals surface area contributed by atoms with Gasteiger partial charge >= 0.3 is 0 Å². The first kappa shape index (κ1) is 32.7. The fraction of sp³-hybridized carbons (Fsp3) is 0.167. The molecule has 3 heterocycles. The van der Waals surface area contributed by atoms with Crippen LogP contribution in [0.4, 0.5) is 34.1 Å². The zero-order valence-corrected chi connectivity index (χ0v) is 31.3. The van der Waals surface area contributed by atoms with Gasteiger partial charge in [0.2, 0.25) is 0 Å². The number of fused-ring (bicyclic) bond motifs is 7. The first-order valence-electron chi connectivity index (χ1n) is 18.3. The number of benzene rings is 5.